The van der Waals surface area contributed by atoms with E-state index in [1.807, 2.05) is 24.3 Å². The number of aliphatic carboxylic acids is 1. The molecule has 1 aliphatic carbocycles. The van der Waals surface area contributed by atoms with Gasteiger partial charge in [0.2, 0.25) is 5.91 Å². The third-order valence-corrected chi connectivity index (χ3v) is 5.17. The molecule has 5 nitrogen and oxygen atoms in total. The predicted octanol–water partition coefficient (Wildman–Crippen LogP) is 2.23. The largest absolute Gasteiger partial charge is 0.481 e. The lowest BCUT2D eigenvalue weighted by molar-refractivity contribution is -0.140. The number of nitrogens with one attached hydrogen (secondary N) is 1. The van der Waals surface area contributed by atoms with E-state index in [0.29, 0.717) is 31.2 Å². The molecule has 6 heteroatoms. The molecule has 3 rings (SSSR count). The molecule has 2 fully saturated rings. The first kappa shape index (κ1) is 16.3. The van der Waals surface area contributed by atoms with Gasteiger partial charge in [-0.1, -0.05) is 23.7 Å². The molecule has 1 aromatic rings. The molecule has 1 saturated carbocycles. The third kappa shape index (κ3) is 3.51. The predicted molar refractivity (Wildman–Crippen MR) is 85.4 cm³/mol. The van der Waals surface area contributed by atoms with Gasteiger partial charge in [0.1, 0.15) is 0 Å². The van der Waals surface area contributed by atoms with E-state index in [0.717, 1.165) is 18.4 Å². The molecule has 2 atom stereocenters. The van der Waals surface area contributed by atoms with E-state index in [-0.39, 0.29) is 17.2 Å². The van der Waals surface area contributed by atoms with Crippen molar-refractivity contribution in [1.82, 2.24) is 5.32 Å². The van der Waals surface area contributed by atoms with Crippen molar-refractivity contribution in [3.05, 3.63) is 34.9 Å². The van der Waals surface area contributed by atoms with E-state index in [1.165, 1.54) is 0 Å². The second-order valence-electron chi connectivity index (χ2n) is 6.41. The van der Waals surface area contributed by atoms with Crippen molar-refractivity contribution in [1.29, 1.82) is 0 Å². The van der Waals surface area contributed by atoms with E-state index in [2.05, 4.69) is 5.32 Å². The number of amides is 1. The monoisotopic (exact) mass is 337 g/mol. The summed E-state index contributed by atoms with van der Waals surface area (Å²) in [4.78, 5) is 23.1. The summed E-state index contributed by atoms with van der Waals surface area (Å²) in [6.45, 7) is 1.77. The number of halogens is 1. The van der Waals surface area contributed by atoms with Gasteiger partial charge in [0, 0.05) is 30.2 Å². The maximum absolute atomic E-state index is 12.2. The summed E-state index contributed by atoms with van der Waals surface area (Å²) in [6.07, 6.45) is 2.05. The molecule has 0 radical (unpaired) electrons. The quantitative estimate of drug-likeness (QED) is 0.864. The Hall–Kier alpha value is -1.59. The van der Waals surface area contributed by atoms with Crippen LogP contribution in [0.25, 0.3) is 0 Å². The maximum atomic E-state index is 12.2. The molecule has 0 aromatic heterocycles. The van der Waals surface area contributed by atoms with Crippen LogP contribution in [0, 0.1) is 11.8 Å². The Morgan fingerprint density at radius 2 is 2.04 bits per heavy atom. The normalized spacial score (nSPS) is 25.6. The number of rotatable bonds is 5. The molecule has 0 bridgehead atoms. The fourth-order valence-corrected chi connectivity index (χ4v) is 3.48. The molecule has 1 aliphatic heterocycles. The average molecular weight is 338 g/mol. The zero-order valence-corrected chi connectivity index (χ0v) is 13.5. The topological polar surface area (TPSA) is 75.6 Å². The molecule has 1 heterocycles. The molecule has 0 unspecified atom stereocenters. The Balaban J connectivity index is 1.70. The van der Waals surface area contributed by atoms with E-state index in [4.69, 9.17) is 21.4 Å². The Labute approximate surface area is 140 Å². The summed E-state index contributed by atoms with van der Waals surface area (Å²) in [5, 5.41) is 12.6. The van der Waals surface area contributed by atoms with Crippen molar-refractivity contribution in [2.24, 2.45) is 11.8 Å². The lowest BCUT2D eigenvalue weighted by Crippen LogP contribution is -2.45. The summed E-state index contributed by atoms with van der Waals surface area (Å²) >= 11 is 6.12. The number of carbonyl (C=O) groups is 2. The van der Waals surface area contributed by atoms with Gasteiger partial charge in [0.15, 0.2) is 0 Å². The van der Waals surface area contributed by atoms with Crippen molar-refractivity contribution in [2.45, 2.75) is 24.7 Å². The summed E-state index contributed by atoms with van der Waals surface area (Å²) in [6, 6.07) is 7.72. The third-order valence-electron chi connectivity index (χ3n) is 4.93. The highest BCUT2D eigenvalue weighted by Crippen LogP contribution is 2.40. The van der Waals surface area contributed by atoms with Crippen LogP contribution in [0.5, 0.6) is 0 Å². The summed E-state index contributed by atoms with van der Waals surface area (Å²) in [7, 11) is 0. The van der Waals surface area contributed by atoms with Gasteiger partial charge >= 0.3 is 5.97 Å². The molecular formula is C17H20ClNO4. The van der Waals surface area contributed by atoms with Crippen molar-refractivity contribution in [3.63, 3.8) is 0 Å². The average Bonchev–Trinajstić information content (AvgIpc) is 3.34. The minimum Gasteiger partial charge on any atom is -0.481 e. The van der Waals surface area contributed by atoms with E-state index in [1.54, 1.807) is 0 Å². The van der Waals surface area contributed by atoms with Crippen LogP contribution in [0.2, 0.25) is 5.02 Å². The number of carbonyl (C=O) groups excluding carboxylic acids is 1. The molecule has 1 saturated heterocycles. The minimum atomic E-state index is -0.888. The van der Waals surface area contributed by atoms with E-state index >= 15 is 0 Å². The highest BCUT2D eigenvalue weighted by Gasteiger charge is 2.48. The standard InChI is InChI=1S/C17H20ClNO4/c18-12-3-1-2-11(8-12)17(4-6-23-7-5-17)10-19-15(20)13-9-14(13)16(21)22/h1-3,8,13-14H,4-7,9-10H2,(H,19,20)(H,21,22)/t13-,14+/m0/s1. The smallest absolute Gasteiger partial charge is 0.307 e. The number of hydrogen-bond acceptors (Lipinski definition) is 3. The molecule has 1 aromatic carbocycles. The minimum absolute atomic E-state index is 0.162. The van der Waals surface area contributed by atoms with Gasteiger partial charge in [-0.25, -0.2) is 0 Å². The van der Waals surface area contributed by atoms with Crippen molar-refractivity contribution in [3.8, 4) is 0 Å². The summed E-state index contributed by atoms with van der Waals surface area (Å²) < 4.78 is 5.47. The zero-order valence-electron chi connectivity index (χ0n) is 12.8. The molecule has 1 amide bonds. The first-order valence-electron chi connectivity index (χ1n) is 7.86. The lowest BCUT2D eigenvalue weighted by Gasteiger charge is -2.38. The number of carboxylic acid groups (broad SMARTS) is 1. The number of benzene rings is 1. The van der Waals surface area contributed by atoms with Gasteiger partial charge < -0.3 is 15.2 Å². The highest BCUT2D eigenvalue weighted by molar-refractivity contribution is 6.30. The second kappa shape index (κ2) is 6.49. The Morgan fingerprint density at radius 3 is 2.65 bits per heavy atom. The van der Waals surface area contributed by atoms with Crippen LogP contribution in [0.15, 0.2) is 24.3 Å². The second-order valence-corrected chi connectivity index (χ2v) is 6.84. The zero-order chi connectivity index (χ0) is 16.4. The summed E-state index contributed by atoms with van der Waals surface area (Å²) in [5.41, 5.74) is 0.895. The van der Waals surface area contributed by atoms with Crippen LogP contribution in [-0.4, -0.2) is 36.7 Å². The van der Waals surface area contributed by atoms with Crippen molar-refractivity contribution >= 4 is 23.5 Å². The molecule has 23 heavy (non-hydrogen) atoms. The van der Waals surface area contributed by atoms with Crippen molar-refractivity contribution < 1.29 is 19.4 Å². The van der Waals surface area contributed by atoms with Crippen LogP contribution >= 0.6 is 11.6 Å². The Morgan fingerprint density at radius 1 is 1.30 bits per heavy atom. The van der Waals surface area contributed by atoms with Crippen LogP contribution in [-0.2, 0) is 19.7 Å². The maximum Gasteiger partial charge on any atom is 0.307 e. The first-order valence-corrected chi connectivity index (χ1v) is 8.24. The Kier molecular flexibility index (Phi) is 4.60. The molecule has 124 valence electrons. The molecular weight excluding hydrogens is 318 g/mol. The van der Waals surface area contributed by atoms with Crippen LogP contribution in [0.3, 0.4) is 0 Å². The number of hydrogen-bond donors (Lipinski definition) is 2. The van der Waals surface area contributed by atoms with E-state index in [9.17, 15) is 9.59 Å². The molecule has 2 N–H and O–H groups in total. The first-order chi connectivity index (χ1) is 11.0. The fourth-order valence-electron chi connectivity index (χ4n) is 3.29. The van der Waals surface area contributed by atoms with Gasteiger partial charge in [0.05, 0.1) is 11.8 Å². The van der Waals surface area contributed by atoms with Gasteiger partial charge in [0.25, 0.3) is 0 Å². The Bertz CT molecular complexity index is 612. The highest BCUT2D eigenvalue weighted by atomic mass is 35.5. The summed E-state index contributed by atoms with van der Waals surface area (Å²) in [5.74, 6) is -1.96. The van der Waals surface area contributed by atoms with Gasteiger partial charge in [-0.05, 0) is 37.0 Å². The fraction of sp³-hybridized carbons (Fsp3) is 0.529. The molecule has 0 spiro atoms. The van der Waals surface area contributed by atoms with E-state index < -0.39 is 11.9 Å². The van der Waals surface area contributed by atoms with Crippen molar-refractivity contribution in [2.75, 3.05) is 19.8 Å². The van der Waals surface area contributed by atoms with Crippen LogP contribution in [0.1, 0.15) is 24.8 Å². The van der Waals surface area contributed by atoms with Crippen LogP contribution < -0.4 is 5.32 Å². The number of ether oxygens (including phenoxy) is 1. The molecule has 2 aliphatic rings. The van der Waals surface area contributed by atoms with Crippen LogP contribution in [0.4, 0.5) is 0 Å². The van der Waals surface area contributed by atoms with Gasteiger partial charge in [-0.3, -0.25) is 9.59 Å². The number of carboxylic acids is 1. The van der Waals surface area contributed by atoms with Gasteiger partial charge in [-0.15, -0.1) is 0 Å². The lowest BCUT2D eigenvalue weighted by atomic mass is 9.74. The SMILES string of the molecule is O=C(NCC1(c2cccc(Cl)c2)CCOCC1)[C@H]1C[C@H]1C(=O)O. The van der Waals surface area contributed by atoms with Gasteiger partial charge in [-0.2, -0.15) is 0 Å².